The molecule has 0 aliphatic heterocycles. The summed E-state index contributed by atoms with van der Waals surface area (Å²) in [6.07, 6.45) is 0. The molecule has 1 amide bonds. The molecule has 0 aliphatic carbocycles. The summed E-state index contributed by atoms with van der Waals surface area (Å²) in [6, 6.07) is 7.91. The van der Waals surface area contributed by atoms with Crippen molar-refractivity contribution >= 4 is 11.6 Å². The summed E-state index contributed by atoms with van der Waals surface area (Å²) in [6.45, 7) is 4.62. The van der Waals surface area contributed by atoms with E-state index in [1.54, 1.807) is 18.2 Å². The maximum atomic E-state index is 13.2. The van der Waals surface area contributed by atoms with Crippen LogP contribution in [0.4, 0.5) is 14.5 Å². The molecule has 0 atom stereocenters. The third-order valence-corrected chi connectivity index (χ3v) is 2.98. The van der Waals surface area contributed by atoms with Crippen molar-refractivity contribution in [3.8, 4) is 11.5 Å². The number of nitrogens with one attached hydrogen (secondary N) is 1. The van der Waals surface area contributed by atoms with E-state index in [-0.39, 0.29) is 5.56 Å². The fraction of sp³-hybridized carbons (Fsp3) is 0.235. The van der Waals surface area contributed by atoms with E-state index in [1.165, 1.54) is 6.07 Å². The lowest BCUT2D eigenvalue weighted by molar-refractivity contribution is 0.102. The first-order valence-electron chi connectivity index (χ1n) is 7.21. The Morgan fingerprint density at radius 1 is 0.957 bits per heavy atom. The van der Waals surface area contributed by atoms with Crippen molar-refractivity contribution in [3.63, 3.8) is 0 Å². The van der Waals surface area contributed by atoms with Crippen LogP contribution in [0.25, 0.3) is 0 Å². The van der Waals surface area contributed by atoms with Gasteiger partial charge in [-0.05, 0) is 44.2 Å². The second-order valence-corrected chi connectivity index (χ2v) is 4.61. The Bertz CT molecular complexity index is 704. The fourth-order valence-corrected chi connectivity index (χ4v) is 1.97. The zero-order valence-corrected chi connectivity index (χ0v) is 12.9. The molecule has 1 N–H and O–H groups in total. The van der Waals surface area contributed by atoms with Gasteiger partial charge in [-0.1, -0.05) is 0 Å². The quantitative estimate of drug-likeness (QED) is 0.874. The van der Waals surface area contributed by atoms with Gasteiger partial charge in [0.05, 0.1) is 13.2 Å². The van der Waals surface area contributed by atoms with E-state index in [2.05, 4.69) is 5.32 Å². The van der Waals surface area contributed by atoms with Crippen molar-refractivity contribution in [3.05, 3.63) is 53.6 Å². The van der Waals surface area contributed by atoms with E-state index >= 15 is 0 Å². The highest BCUT2D eigenvalue weighted by molar-refractivity contribution is 6.04. The second-order valence-electron chi connectivity index (χ2n) is 4.61. The maximum absolute atomic E-state index is 13.2. The molecule has 122 valence electrons. The molecule has 0 saturated carbocycles. The van der Waals surface area contributed by atoms with Gasteiger partial charge >= 0.3 is 0 Å². The summed E-state index contributed by atoms with van der Waals surface area (Å²) in [5.74, 6) is -1.55. The molecule has 0 heterocycles. The Hall–Kier alpha value is -2.63. The summed E-state index contributed by atoms with van der Waals surface area (Å²) >= 11 is 0. The summed E-state index contributed by atoms with van der Waals surface area (Å²) in [5.41, 5.74) is 0.488. The summed E-state index contributed by atoms with van der Waals surface area (Å²) in [7, 11) is 0. The van der Waals surface area contributed by atoms with Gasteiger partial charge in [-0.3, -0.25) is 4.79 Å². The van der Waals surface area contributed by atoms with Crippen LogP contribution in [0, 0.1) is 11.6 Å². The molecule has 6 heteroatoms. The molecule has 0 radical (unpaired) electrons. The summed E-state index contributed by atoms with van der Waals surface area (Å²) < 4.78 is 37.0. The topological polar surface area (TPSA) is 47.6 Å². The number of hydrogen-bond donors (Lipinski definition) is 1. The molecule has 0 aliphatic rings. The van der Waals surface area contributed by atoms with Crippen LogP contribution in [-0.4, -0.2) is 19.1 Å². The Balaban J connectivity index is 2.19. The highest BCUT2D eigenvalue weighted by Gasteiger charge is 2.12. The van der Waals surface area contributed by atoms with Gasteiger partial charge in [0.25, 0.3) is 5.91 Å². The van der Waals surface area contributed by atoms with Crippen molar-refractivity contribution in [1.82, 2.24) is 0 Å². The minimum atomic E-state index is -1.07. The van der Waals surface area contributed by atoms with Crippen LogP contribution >= 0.6 is 0 Å². The van der Waals surface area contributed by atoms with Gasteiger partial charge in [-0.2, -0.15) is 0 Å². The van der Waals surface area contributed by atoms with Crippen LogP contribution in [-0.2, 0) is 0 Å². The third-order valence-electron chi connectivity index (χ3n) is 2.98. The standard InChI is InChI=1S/C17H17F2NO3/c1-3-22-15-8-6-12(10-16(15)23-4-2)20-17(21)11-5-7-13(18)14(19)9-11/h5-10H,3-4H2,1-2H3,(H,20,21). The Morgan fingerprint density at radius 3 is 2.30 bits per heavy atom. The number of anilines is 1. The first-order valence-corrected chi connectivity index (χ1v) is 7.21. The molecule has 0 bridgehead atoms. The van der Waals surface area contributed by atoms with E-state index in [9.17, 15) is 13.6 Å². The van der Waals surface area contributed by atoms with Gasteiger partial charge in [0.15, 0.2) is 23.1 Å². The molecule has 0 fully saturated rings. The molecule has 2 rings (SSSR count). The normalized spacial score (nSPS) is 10.3. The summed E-state index contributed by atoms with van der Waals surface area (Å²) in [4.78, 5) is 12.1. The van der Waals surface area contributed by atoms with Gasteiger partial charge in [-0.25, -0.2) is 8.78 Å². The fourth-order valence-electron chi connectivity index (χ4n) is 1.97. The van der Waals surface area contributed by atoms with Gasteiger partial charge in [-0.15, -0.1) is 0 Å². The van der Waals surface area contributed by atoms with Crippen LogP contribution in [0.15, 0.2) is 36.4 Å². The lowest BCUT2D eigenvalue weighted by Crippen LogP contribution is -2.12. The van der Waals surface area contributed by atoms with Crippen molar-refractivity contribution in [2.45, 2.75) is 13.8 Å². The smallest absolute Gasteiger partial charge is 0.255 e. The third kappa shape index (κ3) is 4.18. The van der Waals surface area contributed by atoms with E-state index in [1.807, 2.05) is 13.8 Å². The largest absolute Gasteiger partial charge is 0.490 e. The zero-order chi connectivity index (χ0) is 16.8. The van der Waals surface area contributed by atoms with E-state index < -0.39 is 17.5 Å². The van der Waals surface area contributed by atoms with E-state index in [4.69, 9.17) is 9.47 Å². The van der Waals surface area contributed by atoms with Gasteiger partial charge < -0.3 is 14.8 Å². The van der Waals surface area contributed by atoms with Crippen molar-refractivity contribution in [2.75, 3.05) is 18.5 Å². The van der Waals surface area contributed by atoms with Crippen LogP contribution in [0.2, 0.25) is 0 Å². The van der Waals surface area contributed by atoms with Gasteiger partial charge in [0, 0.05) is 17.3 Å². The predicted molar refractivity (Wildman–Crippen MR) is 83.1 cm³/mol. The Labute approximate surface area is 133 Å². The van der Waals surface area contributed by atoms with Crippen molar-refractivity contribution in [2.24, 2.45) is 0 Å². The lowest BCUT2D eigenvalue weighted by Gasteiger charge is -2.13. The average Bonchev–Trinajstić information content (AvgIpc) is 2.53. The highest BCUT2D eigenvalue weighted by atomic mass is 19.2. The predicted octanol–water partition coefficient (Wildman–Crippen LogP) is 4.01. The number of halogens is 2. The average molecular weight is 321 g/mol. The highest BCUT2D eigenvalue weighted by Crippen LogP contribution is 2.30. The van der Waals surface area contributed by atoms with Crippen LogP contribution in [0.5, 0.6) is 11.5 Å². The molecule has 0 saturated heterocycles. The van der Waals surface area contributed by atoms with Crippen molar-refractivity contribution in [1.29, 1.82) is 0 Å². The minimum absolute atomic E-state index is 0.0238. The number of carbonyl (C=O) groups excluding carboxylic acids is 1. The van der Waals surface area contributed by atoms with Gasteiger partial charge in [0.1, 0.15) is 0 Å². The molecule has 2 aromatic rings. The van der Waals surface area contributed by atoms with Crippen LogP contribution < -0.4 is 14.8 Å². The minimum Gasteiger partial charge on any atom is -0.490 e. The molecule has 23 heavy (non-hydrogen) atoms. The van der Waals surface area contributed by atoms with E-state index in [0.29, 0.717) is 30.4 Å². The molecule has 0 spiro atoms. The maximum Gasteiger partial charge on any atom is 0.255 e. The van der Waals surface area contributed by atoms with Gasteiger partial charge in [0.2, 0.25) is 0 Å². The molecule has 2 aromatic carbocycles. The molecule has 4 nitrogen and oxygen atoms in total. The SMILES string of the molecule is CCOc1ccc(NC(=O)c2ccc(F)c(F)c2)cc1OCC. The Morgan fingerprint density at radius 2 is 1.65 bits per heavy atom. The molecular weight excluding hydrogens is 304 g/mol. The van der Waals surface area contributed by atoms with Crippen molar-refractivity contribution < 1.29 is 23.0 Å². The first kappa shape index (κ1) is 16.7. The zero-order valence-electron chi connectivity index (χ0n) is 12.9. The van der Waals surface area contributed by atoms with Crippen LogP contribution in [0.1, 0.15) is 24.2 Å². The Kier molecular flexibility index (Phi) is 5.51. The molecule has 0 aromatic heterocycles. The number of rotatable bonds is 6. The number of carbonyl (C=O) groups is 1. The number of ether oxygens (including phenoxy) is 2. The number of amides is 1. The monoisotopic (exact) mass is 321 g/mol. The first-order chi connectivity index (χ1) is 11.0. The lowest BCUT2D eigenvalue weighted by atomic mass is 10.2. The van der Waals surface area contributed by atoms with Crippen LogP contribution in [0.3, 0.4) is 0 Å². The number of benzene rings is 2. The number of hydrogen-bond acceptors (Lipinski definition) is 3. The molecular formula is C17H17F2NO3. The molecule has 0 unspecified atom stereocenters. The second kappa shape index (κ2) is 7.58. The summed E-state index contributed by atoms with van der Waals surface area (Å²) in [5, 5.41) is 2.61. The van der Waals surface area contributed by atoms with E-state index in [0.717, 1.165) is 12.1 Å².